The second-order valence-corrected chi connectivity index (χ2v) is 10.5. The molecule has 7 nitrogen and oxygen atoms in total. The monoisotopic (exact) mass is 471 g/mol. The number of hydrogen-bond donors (Lipinski definition) is 0. The minimum absolute atomic E-state index is 0.0586. The van der Waals surface area contributed by atoms with E-state index in [0.29, 0.717) is 31.6 Å². The third-order valence-electron chi connectivity index (χ3n) is 6.15. The minimum Gasteiger partial charge on any atom is -0.480 e. The molecular weight excluding hydrogens is 445 g/mol. The van der Waals surface area contributed by atoms with Crippen LogP contribution in [0.15, 0.2) is 53.7 Å². The van der Waals surface area contributed by atoms with E-state index in [2.05, 4.69) is 10.1 Å². The normalized spacial score (nSPS) is 18.4. The highest BCUT2D eigenvalue weighted by atomic mass is 32.2. The Kier molecular flexibility index (Phi) is 6.60. The fourth-order valence-electron chi connectivity index (χ4n) is 4.37. The molecule has 2 heterocycles. The zero-order valence-corrected chi connectivity index (χ0v) is 19.4. The first-order chi connectivity index (χ1) is 15.8. The maximum atomic E-state index is 13.2. The number of Topliss-reactive ketones (excluding diaryl/α,β-unsaturated/α-hetero) is 1. The summed E-state index contributed by atoms with van der Waals surface area (Å²) in [4.78, 5) is 17.4. The maximum absolute atomic E-state index is 13.2. The number of aryl methyl sites for hydroxylation is 2. The van der Waals surface area contributed by atoms with E-state index in [0.717, 1.165) is 29.1 Å². The number of carbonyl (C=O) groups excluding carboxylic acids is 1. The highest BCUT2D eigenvalue weighted by Crippen LogP contribution is 2.36. The van der Waals surface area contributed by atoms with Crippen molar-refractivity contribution < 1.29 is 22.3 Å². The van der Waals surface area contributed by atoms with Crippen LogP contribution in [-0.2, 0) is 21.1 Å². The fraction of sp³-hybridized carbons (Fsp3) is 0.375. The quantitative estimate of drug-likeness (QED) is 0.463. The van der Waals surface area contributed by atoms with Crippen LogP contribution >= 0.6 is 0 Å². The summed E-state index contributed by atoms with van der Waals surface area (Å²) in [6, 6.07) is 8.58. The first-order valence-corrected chi connectivity index (χ1v) is 12.4. The largest absolute Gasteiger partial charge is 0.480 e. The number of hydrogen-bond acceptors (Lipinski definition) is 6. The van der Waals surface area contributed by atoms with Gasteiger partial charge in [-0.25, -0.2) is 17.5 Å². The van der Waals surface area contributed by atoms with Crippen LogP contribution in [0.2, 0.25) is 0 Å². The third kappa shape index (κ3) is 4.83. The number of aromatic nitrogens is 3. The molecular formula is C24H26FN3O4S. The highest BCUT2D eigenvalue weighted by molar-refractivity contribution is 7.92. The van der Waals surface area contributed by atoms with Gasteiger partial charge in [-0.2, -0.15) is 0 Å². The lowest BCUT2D eigenvalue weighted by Gasteiger charge is -2.19. The van der Waals surface area contributed by atoms with Crippen molar-refractivity contribution in [2.75, 3.05) is 7.11 Å². The number of nitrogens with zero attached hydrogens (tertiary/aromatic N) is 3. The van der Waals surface area contributed by atoms with Crippen LogP contribution in [0, 0.1) is 18.7 Å². The van der Waals surface area contributed by atoms with Gasteiger partial charge in [0.25, 0.3) is 0 Å². The maximum Gasteiger partial charge on any atom is 0.236 e. The molecule has 0 bridgehead atoms. The number of sulfone groups is 1. The Morgan fingerprint density at radius 3 is 2.61 bits per heavy atom. The summed E-state index contributed by atoms with van der Waals surface area (Å²) >= 11 is 0. The Morgan fingerprint density at radius 2 is 1.94 bits per heavy atom. The number of pyridine rings is 1. The molecule has 1 saturated carbocycles. The van der Waals surface area contributed by atoms with Crippen molar-refractivity contribution in [3.63, 3.8) is 0 Å². The van der Waals surface area contributed by atoms with E-state index in [-0.39, 0.29) is 17.1 Å². The molecule has 4 rings (SSSR count). The number of rotatable bonds is 8. The van der Waals surface area contributed by atoms with E-state index >= 15 is 0 Å². The van der Waals surface area contributed by atoms with Gasteiger partial charge in [0, 0.05) is 29.8 Å². The number of carbonyl (C=O) groups is 1. The lowest BCUT2D eigenvalue weighted by Crippen LogP contribution is -2.31. The molecule has 33 heavy (non-hydrogen) atoms. The third-order valence-corrected chi connectivity index (χ3v) is 8.44. The molecule has 0 radical (unpaired) electrons. The van der Waals surface area contributed by atoms with Crippen molar-refractivity contribution >= 4 is 15.6 Å². The second kappa shape index (κ2) is 9.43. The molecule has 2 aromatic heterocycles. The molecule has 174 valence electrons. The molecule has 0 spiro atoms. The van der Waals surface area contributed by atoms with Gasteiger partial charge in [-0.05, 0) is 62.6 Å². The fourth-order valence-corrected chi connectivity index (χ4v) is 6.44. The van der Waals surface area contributed by atoms with Crippen molar-refractivity contribution in [2.45, 2.75) is 49.2 Å². The Labute approximate surface area is 192 Å². The van der Waals surface area contributed by atoms with Crippen LogP contribution in [0.25, 0.3) is 5.69 Å². The lowest BCUT2D eigenvalue weighted by molar-refractivity contribution is -0.122. The van der Waals surface area contributed by atoms with E-state index in [1.165, 1.54) is 19.2 Å². The Hall–Kier alpha value is -3.07. The molecule has 3 aromatic rings. The van der Waals surface area contributed by atoms with Crippen molar-refractivity contribution in [3.8, 4) is 11.6 Å². The average Bonchev–Trinajstić information content (AvgIpc) is 3.46. The van der Waals surface area contributed by atoms with Gasteiger partial charge in [0.2, 0.25) is 5.88 Å². The first-order valence-electron chi connectivity index (χ1n) is 10.9. The summed E-state index contributed by atoms with van der Waals surface area (Å²) in [7, 11) is -2.20. The predicted molar refractivity (Wildman–Crippen MR) is 121 cm³/mol. The van der Waals surface area contributed by atoms with Gasteiger partial charge in [0.1, 0.15) is 11.6 Å². The summed E-state index contributed by atoms with van der Waals surface area (Å²) < 4.78 is 46.5. The average molecular weight is 472 g/mol. The number of methoxy groups -OCH3 is 1. The molecule has 0 N–H and O–H groups in total. The van der Waals surface area contributed by atoms with Gasteiger partial charge in [0.05, 0.1) is 29.1 Å². The molecule has 2 unspecified atom stereocenters. The summed E-state index contributed by atoms with van der Waals surface area (Å²) in [6.45, 7) is 1.90. The van der Waals surface area contributed by atoms with E-state index in [1.807, 2.05) is 19.1 Å². The van der Waals surface area contributed by atoms with Gasteiger partial charge in [-0.3, -0.25) is 9.78 Å². The van der Waals surface area contributed by atoms with Gasteiger partial charge in [0.15, 0.2) is 9.84 Å². The second-order valence-electron chi connectivity index (χ2n) is 8.31. The number of benzene rings is 1. The van der Waals surface area contributed by atoms with Crippen molar-refractivity contribution in [3.05, 3.63) is 65.9 Å². The van der Waals surface area contributed by atoms with Gasteiger partial charge >= 0.3 is 0 Å². The predicted octanol–water partition coefficient (Wildman–Crippen LogP) is 3.87. The molecule has 1 aliphatic carbocycles. The van der Waals surface area contributed by atoms with Gasteiger partial charge < -0.3 is 4.74 Å². The van der Waals surface area contributed by atoms with Crippen LogP contribution in [0.4, 0.5) is 4.39 Å². The van der Waals surface area contributed by atoms with Crippen LogP contribution in [0.3, 0.4) is 0 Å². The Morgan fingerprint density at radius 1 is 1.18 bits per heavy atom. The molecule has 9 heteroatoms. The van der Waals surface area contributed by atoms with Crippen molar-refractivity contribution in [2.24, 2.45) is 5.92 Å². The molecule has 2 atom stereocenters. The summed E-state index contributed by atoms with van der Waals surface area (Å²) in [5, 5.41) is 3.64. The van der Waals surface area contributed by atoms with E-state index < -0.39 is 26.8 Å². The van der Waals surface area contributed by atoms with Crippen molar-refractivity contribution in [1.82, 2.24) is 14.8 Å². The minimum atomic E-state index is -3.72. The number of halogens is 1. The Balaban J connectivity index is 1.48. The number of ether oxygens (including phenoxy) is 1. The standard InChI is InChI=1S/C24H26FN3O4S/c1-16-6-10-19(14-26-16)28-15-17(24(27-28)32-2)7-13-22(29)21-4-3-5-23(21)33(30,31)20-11-8-18(25)9-12-20/h6,8-12,14-15,21,23H,3-5,7,13H2,1-2H3. The topological polar surface area (TPSA) is 91.2 Å². The smallest absolute Gasteiger partial charge is 0.236 e. The zero-order chi connectivity index (χ0) is 23.6. The number of ketones is 1. The summed E-state index contributed by atoms with van der Waals surface area (Å²) in [5.74, 6) is -0.730. The van der Waals surface area contributed by atoms with E-state index in [9.17, 15) is 17.6 Å². The van der Waals surface area contributed by atoms with Crippen LogP contribution < -0.4 is 4.74 Å². The Bertz CT molecular complexity index is 1240. The molecule has 1 aromatic carbocycles. The molecule has 1 fully saturated rings. The summed E-state index contributed by atoms with van der Waals surface area (Å²) in [6.07, 6.45) is 5.73. The van der Waals surface area contributed by atoms with Gasteiger partial charge in [-0.15, -0.1) is 5.10 Å². The lowest BCUT2D eigenvalue weighted by atomic mass is 9.97. The van der Waals surface area contributed by atoms with E-state index in [4.69, 9.17) is 4.74 Å². The molecule has 1 aliphatic rings. The molecule has 0 aliphatic heterocycles. The molecule has 0 amide bonds. The zero-order valence-electron chi connectivity index (χ0n) is 18.6. The van der Waals surface area contributed by atoms with Crippen LogP contribution in [-0.4, -0.2) is 41.3 Å². The van der Waals surface area contributed by atoms with Crippen molar-refractivity contribution in [1.29, 1.82) is 0 Å². The first kappa shape index (κ1) is 23.1. The SMILES string of the molecule is COc1nn(-c2ccc(C)nc2)cc1CCC(=O)C1CCCC1S(=O)(=O)c1ccc(F)cc1. The molecule has 0 saturated heterocycles. The van der Waals surface area contributed by atoms with Crippen LogP contribution in [0.5, 0.6) is 5.88 Å². The van der Waals surface area contributed by atoms with E-state index in [1.54, 1.807) is 17.1 Å². The summed E-state index contributed by atoms with van der Waals surface area (Å²) in [5.41, 5.74) is 2.44. The highest BCUT2D eigenvalue weighted by Gasteiger charge is 2.41. The van der Waals surface area contributed by atoms with Crippen LogP contribution in [0.1, 0.15) is 36.9 Å². The van der Waals surface area contributed by atoms with Gasteiger partial charge in [-0.1, -0.05) is 6.42 Å².